The number of carbonyl (C=O) groups is 3. The Balaban J connectivity index is 2.78. The smallest absolute Gasteiger partial charge is 0.305 e. The van der Waals surface area contributed by atoms with Crippen molar-refractivity contribution < 1.29 is 19.5 Å². The molecule has 0 fully saturated rings. The van der Waals surface area contributed by atoms with Crippen LogP contribution in [0.4, 0.5) is 5.69 Å². The van der Waals surface area contributed by atoms with Gasteiger partial charge < -0.3 is 21.5 Å². The van der Waals surface area contributed by atoms with E-state index in [1.807, 2.05) is 0 Å². The topological polar surface area (TPSA) is 145 Å². The molecule has 1 aromatic rings. The third-order valence-corrected chi connectivity index (χ3v) is 2.55. The molecule has 0 spiro atoms. The van der Waals surface area contributed by atoms with Gasteiger partial charge in [0.2, 0.25) is 0 Å². The van der Waals surface area contributed by atoms with Gasteiger partial charge in [-0.3, -0.25) is 14.4 Å². The number of carboxylic acid groups (broad SMARTS) is 1. The predicted molar refractivity (Wildman–Crippen MR) is 77.5 cm³/mol. The van der Waals surface area contributed by atoms with Gasteiger partial charge in [-0.1, -0.05) is 12.1 Å². The van der Waals surface area contributed by atoms with Crippen molar-refractivity contribution in [1.29, 1.82) is 5.26 Å². The SMILES string of the molecule is N#C/C(=C/Nc1ccccc1C(N)=O)C(=O)NCCC(=O)O. The Bertz CT molecular complexity index is 661. The maximum absolute atomic E-state index is 11.7. The molecular formula is C14H14N4O4. The summed E-state index contributed by atoms with van der Waals surface area (Å²) >= 11 is 0. The van der Waals surface area contributed by atoms with Gasteiger partial charge in [-0.2, -0.15) is 5.26 Å². The fourth-order valence-electron chi connectivity index (χ4n) is 1.50. The van der Waals surface area contributed by atoms with Crippen molar-refractivity contribution in [2.75, 3.05) is 11.9 Å². The van der Waals surface area contributed by atoms with Crippen LogP contribution in [0.2, 0.25) is 0 Å². The number of nitriles is 1. The molecule has 0 aromatic heterocycles. The van der Waals surface area contributed by atoms with Crippen LogP contribution in [0.3, 0.4) is 0 Å². The first-order chi connectivity index (χ1) is 10.5. The van der Waals surface area contributed by atoms with Crippen LogP contribution in [-0.4, -0.2) is 29.4 Å². The van der Waals surface area contributed by atoms with E-state index in [1.54, 1.807) is 24.3 Å². The Hall–Kier alpha value is -3.34. The number of benzene rings is 1. The molecule has 0 bridgehead atoms. The highest BCUT2D eigenvalue weighted by molar-refractivity contribution is 6.00. The van der Waals surface area contributed by atoms with Crippen LogP contribution in [0.15, 0.2) is 36.0 Å². The molecule has 2 amide bonds. The largest absolute Gasteiger partial charge is 0.481 e. The number of primary amides is 1. The van der Waals surface area contributed by atoms with Crippen LogP contribution in [0.5, 0.6) is 0 Å². The zero-order valence-electron chi connectivity index (χ0n) is 11.5. The van der Waals surface area contributed by atoms with E-state index in [2.05, 4.69) is 10.6 Å². The molecular weight excluding hydrogens is 288 g/mol. The molecule has 0 heterocycles. The summed E-state index contributed by atoms with van der Waals surface area (Å²) in [6.45, 7) is -0.0922. The number of nitrogens with two attached hydrogens (primary N) is 1. The molecule has 8 nitrogen and oxygen atoms in total. The zero-order valence-corrected chi connectivity index (χ0v) is 11.5. The molecule has 0 aliphatic carbocycles. The van der Waals surface area contributed by atoms with E-state index in [0.717, 1.165) is 6.20 Å². The van der Waals surface area contributed by atoms with Crippen molar-refractivity contribution >= 4 is 23.5 Å². The van der Waals surface area contributed by atoms with Crippen LogP contribution in [-0.2, 0) is 9.59 Å². The first kappa shape index (κ1) is 16.7. The molecule has 22 heavy (non-hydrogen) atoms. The minimum atomic E-state index is -1.06. The lowest BCUT2D eigenvalue weighted by molar-refractivity contribution is -0.136. The fourth-order valence-corrected chi connectivity index (χ4v) is 1.50. The van der Waals surface area contributed by atoms with E-state index in [4.69, 9.17) is 16.1 Å². The summed E-state index contributed by atoms with van der Waals surface area (Å²) in [4.78, 5) is 33.3. The number of hydrogen-bond donors (Lipinski definition) is 4. The Morgan fingerprint density at radius 1 is 1.32 bits per heavy atom. The quantitative estimate of drug-likeness (QED) is 0.418. The third-order valence-electron chi connectivity index (χ3n) is 2.55. The Morgan fingerprint density at radius 3 is 2.59 bits per heavy atom. The maximum atomic E-state index is 11.7. The second-order valence-corrected chi connectivity index (χ2v) is 4.12. The Morgan fingerprint density at radius 2 is 2.00 bits per heavy atom. The minimum Gasteiger partial charge on any atom is -0.481 e. The van der Waals surface area contributed by atoms with Gasteiger partial charge in [0, 0.05) is 12.7 Å². The van der Waals surface area contributed by atoms with Gasteiger partial charge in [-0.25, -0.2) is 0 Å². The predicted octanol–water partition coefficient (Wildman–Crippen LogP) is 0.196. The monoisotopic (exact) mass is 302 g/mol. The van der Waals surface area contributed by atoms with Gasteiger partial charge in [0.05, 0.1) is 17.7 Å². The molecule has 8 heteroatoms. The lowest BCUT2D eigenvalue weighted by Gasteiger charge is -2.07. The van der Waals surface area contributed by atoms with E-state index in [9.17, 15) is 14.4 Å². The zero-order chi connectivity index (χ0) is 16.5. The molecule has 1 rings (SSSR count). The molecule has 0 aliphatic heterocycles. The van der Waals surface area contributed by atoms with Gasteiger partial charge in [-0.05, 0) is 12.1 Å². The average molecular weight is 302 g/mol. The number of aliphatic carboxylic acids is 1. The first-order valence-electron chi connectivity index (χ1n) is 6.21. The summed E-state index contributed by atoms with van der Waals surface area (Å²) in [5.41, 5.74) is 5.51. The van der Waals surface area contributed by atoms with Gasteiger partial charge in [0.1, 0.15) is 11.6 Å². The number of carboxylic acids is 1. The summed E-state index contributed by atoms with van der Waals surface area (Å²) in [6, 6.07) is 8.02. The van der Waals surface area contributed by atoms with Crippen molar-refractivity contribution in [3.8, 4) is 6.07 Å². The molecule has 114 valence electrons. The molecule has 0 unspecified atom stereocenters. The van der Waals surface area contributed by atoms with Gasteiger partial charge >= 0.3 is 5.97 Å². The van der Waals surface area contributed by atoms with E-state index >= 15 is 0 Å². The molecule has 1 aromatic carbocycles. The molecule has 0 saturated heterocycles. The minimum absolute atomic E-state index is 0.0922. The molecule has 5 N–H and O–H groups in total. The molecule has 0 radical (unpaired) electrons. The molecule has 0 saturated carbocycles. The third kappa shape index (κ3) is 4.97. The van der Waals surface area contributed by atoms with Crippen LogP contribution in [0.25, 0.3) is 0 Å². The van der Waals surface area contributed by atoms with Gasteiger partial charge in [0.15, 0.2) is 0 Å². The summed E-state index contributed by atoms with van der Waals surface area (Å²) in [7, 11) is 0. The van der Waals surface area contributed by atoms with Crippen LogP contribution >= 0.6 is 0 Å². The summed E-state index contributed by atoms with van der Waals surface area (Å²) in [5, 5.41) is 22.4. The van der Waals surface area contributed by atoms with Crippen LogP contribution < -0.4 is 16.4 Å². The highest BCUT2D eigenvalue weighted by Gasteiger charge is 2.10. The molecule has 0 atom stereocenters. The van der Waals surface area contributed by atoms with Crippen molar-refractivity contribution in [3.05, 3.63) is 41.6 Å². The van der Waals surface area contributed by atoms with Crippen LogP contribution in [0.1, 0.15) is 16.8 Å². The summed E-state index contributed by atoms with van der Waals surface area (Å²) in [6.07, 6.45) is 0.875. The Labute approximate surface area is 126 Å². The van der Waals surface area contributed by atoms with E-state index < -0.39 is 17.8 Å². The van der Waals surface area contributed by atoms with Crippen molar-refractivity contribution in [1.82, 2.24) is 5.32 Å². The van der Waals surface area contributed by atoms with Gasteiger partial charge in [-0.15, -0.1) is 0 Å². The van der Waals surface area contributed by atoms with E-state index in [-0.39, 0.29) is 24.1 Å². The van der Waals surface area contributed by atoms with E-state index in [0.29, 0.717) is 5.69 Å². The second kappa shape index (κ2) is 8.06. The number of nitrogens with zero attached hydrogens (tertiary/aromatic N) is 1. The number of carbonyl (C=O) groups excluding carboxylic acids is 2. The second-order valence-electron chi connectivity index (χ2n) is 4.12. The van der Waals surface area contributed by atoms with Crippen molar-refractivity contribution in [2.24, 2.45) is 5.73 Å². The number of hydrogen-bond acceptors (Lipinski definition) is 5. The van der Waals surface area contributed by atoms with Crippen molar-refractivity contribution in [2.45, 2.75) is 6.42 Å². The fraction of sp³-hybridized carbons (Fsp3) is 0.143. The van der Waals surface area contributed by atoms with Gasteiger partial charge in [0.25, 0.3) is 11.8 Å². The first-order valence-corrected chi connectivity index (χ1v) is 6.21. The Kier molecular flexibility index (Phi) is 6.12. The number of rotatable bonds is 7. The lowest BCUT2D eigenvalue weighted by atomic mass is 10.1. The molecule has 0 aliphatic rings. The normalized spacial score (nSPS) is 10.4. The number of amides is 2. The number of nitrogens with one attached hydrogen (secondary N) is 2. The van der Waals surface area contributed by atoms with Crippen LogP contribution in [0, 0.1) is 11.3 Å². The van der Waals surface area contributed by atoms with E-state index in [1.165, 1.54) is 6.07 Å². The number of anilines is 1. The average Bonchev–Trinajstić information content (AvgIpc) is 2.47. The standard InChI is InChI=1S/C14H14N4O4/c15-7-9(14(22)17-6-5-12(19)20)8-18-11-4-2-1-3-10(11)13(16)21/h1-4,8,18H,5-6H2,(H2,16,21)(H,17,22)(H,19,20)/b9-8-. The summed E-state index contributed by atoms with van der Waals surface area (Å²) in [5.74, 6) is -2.43. The number of para-hydroxylation sites is 1. The van der Waals surface area contributed by atoms with Crippen molar-refractivity contribution in [3.63, 3.8) is 0 Å². The highest BCUT2D eigenvalue weighted by Crippen LogP contribution is 2.14. The maximum Gasteiger partial charge on any atom is 0.305 e. The summed E-state index contributed by atoms with van der Waals surface area (Å²) < 4.78 is 0. The lowest BCUT2D eigenvalue weighted by Crippen LogP contribution is -2.27. The highest BCUT2D eigenvalue weighted by atomic mass is 16.4.